The molecular weight excluding hydrogens is 281 g/mol. The summed E-state index contributed by atoms with van der Waals surface area (Å²) in [5.41, 5.74) is -0.594. The lowest BCUT2D eigenvalue weighted by molar-refractivity contribution is -0.387. The van der Waals surface area contributed by atoms with Crippen LogP contribution in [0.4, 0.5) is 10.1 Å². The molecule has 1 fully saturated rings. The summed E-state index contributed by atoms with van der Waals surface area (Å²) < 4.78 is 18.7. The van der Waals surface area contributed by atoms with E-state index in [1.165, 1.54) is 6.07 Å². The van der Waals surface area contributed by atoms with Crippen LogP contribution in [0.15, 0.2) is 18.2 Å². The van der Waals surface area contributed by atoms with Gasteiger partial charge < -0.3 is 15.2 Å². The van der Waals surface area contributed by atoms with Crippen molar-refractivity contribution < 1.29 is 19.2 Å². The molecule has 0 radical (unpaired) electrons. The zero-order valence-electron chi connectivity index (χ0n) is 11.5. The molecule has 0 bridgehead atoms. The average Bonchev–Trinajstić information content (AvgIpc) is 2.46. The van der Waals surface area contributed by atoms with Crippen LogP contribution in [0.1, 0.15) is 0 Å². The van der Waals surface area contributed by atoms with Gasteiger partial charge in [0, 0.05) is 44.9 Å². The molecule has 2 rings (SSSR count). The Kier molecular flexibility index (Phi) is 5.43. The molecule has 2 N–H and O–H groups in total. The van der Waals surface area contributed by atoms with Crippen molar-refractivity contribution in [2.24, 2.45) is 0 Å². The van der Waals surface area contributed by atoms with Gasteiger partial charge in [0.2, 0.25) is 5.82 Å². The summed E-state index contributed by atoms with van der Waals surface area (Å²) in [6.45, 7) is 4.01. The number of halogens is 1. The van der Waals surface area contributed by atoms with Crippen molar-refractivity contribution in [1.29, 1.82) is 0 Å². The molecule has 1 saturated heterocycles. The Morgan fingerprint density at radius 3 is 2.81 bits per heavy atom. The molecule has 1 aromatic rings. The van der Waals surface area contributed by atoms with Crippen LogP contribution in [0.3, 0.4) is 0 Å². The first-order valence-corrected chi connectivity index (χ1v) is 6.74. The van der Waals surface area contributed by atoms with Crippen molar-refractivity contribution in [2.75, 3.05) is 39.3 Å². The molecule has 0 spiro atoms. The number of nitro benzene ring substituents is 1. The van der Waals surface area contributed by atoms with Gasteiger partial charge in [0.15, 0.2) is 0 Å². The predicted molar refractivity (Wildman–Crippen MR) is 73.9 cm³/mol. The fourth-order valence-corrected chi connectivity index (χ4v) is 2.16. The van der Waals surface area contributed by atoms with Gasteiger partial charge in [0.05, 0.1) is 4.92 Å². The number of ether oxygens (including phenoxy) is 1. The highest BCUT2D eigenvalue weighted by molar-refractivity contribution is 5.37. The molecule has 8 heteroatoms. The largest absolute Gasteiger partial charge is 0.491 e. The maximum Gasteiger partial charge on any atom is 0.305 e. The summed E-state index contributed by atoms with van der Waals surface area (Å²) >= 11 is 0. The molecule has 21 heavy (non-hydrogen) atoms. The third-order valence-electron chi connectivity index (χ3n) is 3.24. The predicted octanol–water partition coefficient (Wildman–Crippen LogP) is 0.379. The lowest BCUT2D eigenvalue weighted by atomic mass is 10.3. The average molecular weight is 299 g/mol. The van der Waals surface area contributed by atoms with Crippen LogP contribution in [-0.4, -0.2) is 60.4 Å². The van der Waals surface area contributed by atoms with E-state index in [4.69, 9.17) is 4.74 Å². The molecular formula is C13H18FN3O4. The van der Waals surface area contributed by atoms with Crippen molar-refractivity contribution in [3.63, 3.8) is 0 Å². The summed E-state index contributed by atoms with van der Waals surface area (Å²) in [4.78, 5) is 11.8. The number of β-amino-alcohol motifs (C(OH)–C–C–N with tert-alkyl or cyclic N) is 1. The fraction of sp³-hybridized carbons (Fsp3) is 0.538. The second-order valence-corrected chi connectivity index (χ2v) is 4.89. The van der Waals surface area contributed by atoms with Gasteiger partial charge in [-0.25, -0.2) is 0 Å². The van der Waals surface area contributed by atoms with Gasteiger partial charge >= 0.3 is 5.69 Å². The third-order valence-corrected chi connectivity index (χ3v) is 3.24. The molecule has 0 amide bonds. The van der Waals surface area contributed by atoms with E-state index in [1.807, 2.05) is 0 Å². The van der Waals surface area contributed by atoms with Gasteiger partial charge in [-0.05, 0) is 6.07 Å². The van der Waals surface area contributed by atoms with E-state index in [0.29, 0.717) is 6.54 Å². The van der Waals surface area contributed by atoms with Crippen LogP contribution >= 0.6 is 0 Å². The highest BCUT2D eigenvalue weighted by atomic mass is 19.1. The smallest absolute Gasteiger partial charge is 0.305 e. The van der Waals surface area contributed by atoms with Crippen LogP contribution in [0.5, 0.6) is 5.75 Å². The highest BCUT2D eigenvalue weighted by Gasteiger charge is 2.17. The SMILES string of the molecule is O=[N+]([O-])c1ccc(OCC(O)CN2CCNCC2)cc1F. The Bertz CT molecular complexity index is 494. The number of nitrogens with zero attached hydrogens (tertiary/aromatic N) is 2. The zero-order valence-corrected chi connectivity index (χ0v) is 11.5. The number of aliphatic hydroxyl groups excluding tert-OH is 1. The molecule has 1 atom stereocenters. The van der Waals surface area contributed by atoms with Crippen molar-refractivity contribution >= 4 is 5.69 Å². The van der Waals surface area contributed by atoms with E-state index in [0.717, 1.165) is 38.3 Å². The van der Waals surface area contributed by atoms with Crippen LogP contribution in [0.25, 0.3) is 0 Å². The molecule has 1 aliphatic rings. The van der Waals surface area contributed by atoms with Crippen molar-refractivity contribution in [2.45, 2.75) is 6.10 Å². The molecule has 0 saturated carbocycles. The highest BCUT2D eigenvalue weighted by Crippen LogP contribution is 2.22. The Morgan fingerprint density at radius 1 is 1.48 bits per heavy atom. The number of nitrogens with one attached hydrogen (secondary N) is 1. The lowest BCUT2D eigenvalue weighted by Gasteiger charge is -2.28. The van der Waals surface area contributed by atoms with E-state index >= 15 is 0 Å². The zero-order chi connectivity index (χ0) is 15.2. The van der Waals surface area contributed by atoms with Gasteiger partial charge in [0.1, 0.15) is 18.5 Å². The van der Waals surface area contributed by atoms with Crippen molar-refractivity contribution in [3.8, 4) is 5.75 Å². The molecule has 1 heterocycles. The Morgan fingerprint density at radius 2 is 2.19 bits per heavy atom. The first-order valence-electron chi connectivity index (χ1n) is 6.74. The molecule has 0 aliphatic carbocycles. The maximum absolute atomic E-state index is 13.4. The van der Waals surface area contributed by atoms with Crippen molar-refractivity contribution in [1.82, 2.24) is 10.2 Å². The van der Waals surface area contributed by atoms with Crippen LogP contribution < -0.4 is 10.1 Å². The standard InChI is InChI=1S/C13H18FN3O4/c14-12-7-11(1-2-13(12)17(19)20)21-9-10(18)8-16-5-3-15-4-6-16/h1-2,7,10,15,18H,3-6,8-9H2. The van der Waals surface area contributed by atoms with E-state index in [2.05, 4.69) is 10.2 Å². The number of aliphatic hydroxyl groups is 1. The molecule has 1 aromatic carbocycles. The molecule has 7 nitrogen and oxygen atoms in total. The number of hydrogen-bond donors (Lipinski definition) is 2. The minimum atomic E-state index is -0.950. The number of rotatable bonds is 6. The Balaban J connectivity index is 1.81. The van der Waals surface area contributed by atoms with Crippen LogP contribution in [-0.2, 0) is 0 Å². The lowest BCUT2D eigenvalue weighted by Crippen LogP contribution is -2.47. The second-order valence-electron chi connectivity index (χ2n) is 4.89. The van der Waals surface area contributed by atoms with Crippen LogP contribution in [0.2, 0.25) is 0 Å². The van der Waals surface area contributed by atoms with E-state index < -0.39 is 22.5 Å². The summed E-state index contributed by atoms with van der Waals surface area (Å²) in [7, 11) is 0. The number of piperazine rings is 1. The molecule has 116 valence electrons. The number of hydrogen-bond acceptors (Lipinski definition) is 6. The molecule has 1 unspecified atom stereocenters. The summed E-state index contributed by atoms with van der Waals surface area (Å²) in [6, 6.07) is 3.32. The van der Waals surface area contributed by atoms with Gasteiger partial charge in [-0.3, -0.25) is 15.0 Å². The molecule has 1 aliphatic heterocycles. The van der Waals surface area contributed by atoms with E-state index in [1.54, 1.807) is 0 Å². The van der Waals surface area contributed by atoms with Crippen molar-refractivity contribution in [3.05, 3.63) is 34.1 Å². The summed E-state index contributed by atoms with van der Waals surface area (Å²) in [6.07, 6.45) is -0.693. The number of nitro groups is 1. The fourth-order valence-electron chi connectivity index (χ4n) is 2.16. The normalized spacial score (nSPS) is 17.4. The third kappa shape index (κ3) is 4.62. The van der Waals surface area contributed by atoms with Crippen LogP contribution in [0, 0.1) is 15.9 Å². The van der Waals surface area contributed by atoms with E-state index in [9.17, 15) is 19.6 Å². The Labute approximate surface area is 121 Å². The van der Waals surface area contributed by atoms with Gasteiger partial charge in [-0.2, -0.15) is 4.39 Å². The first-order chi connectivity index (χ1) is 10.1. The van der Waals surface area contributed by atoms with E-state index in [-0.39, 0.29) is 12.4 Å². The number of benzene rings is 1. The minimum absolute atomic E-state index is 0.0151. The Hall–Kier alpha value is -1.77. The maximum atomic E-state index is 13.4. The quantitative estimate of drug-likeness (QED) is 0.583. The van der Waals surface area contributed by atoms with Gasteiger partial charge in [0.25, 0.3) is 0 Å². The van der Waals surface area contributed by atoms with Gasteiger partial charge in [-0.1, -0.05) is 0 Å². The minimum Gasteiger partial charge on any atom is -0.491 e. The monoisotopic (exact) mass is 299 g/mol. The molecule has 0 aromatic heterocycles. The van der Waals surface area contributed by atoms with Gasteiger partial charge in [-0.15, -0.1) is 0 Å². The summed E-state index contributed by atoms with van der Waals surface area (Å²) in [5, 5.41) is 23.6. The first kappa shape index (κ1) is 15.6. The topological polar surface area (TPSA) is 87.9 Å². The second kappa shape index (κ2) is 7.30. The summed E-state index contributed by atoms with van der Waals surface area (Å²) in [5.74, 6) is -0.786.